The van der Waals surface area contributed by atoms with E-state index >= 15 is 0 Å². The summed E-state index contributed by atoms with van der Waals surface area (Å²) >= 11 is 0. The summed E-state index contributed by atoms with van der Waals surface area (Å²) < 4.78 is 5.44. The molecule has 1 heterocycles. The molecule has 1 N–H and O–H groups in total. The number of benzene rings is 1. The van der Waals surface area contributed by atoms with E-state index in [4.69, 9.17) is 10.00 Å². The van der Waals surface area contributed by atoms with Gasteiger partial charge < -0.3 is 9.72 Å². The molecule has 0 aliphatic rings. The molecule has 0 radical (unpaired) electrons. The van der Waals surface area contributed by atoms with Gasteiger partial charge in [-0.15, -0.1) is 0 Å². The lowest BCUT2D eigenvalue weighted by Gasteiger charge is -2.12. The van der Waals surface area contributed by atoms with E-state index in [1.807, 2.05) is 13.0 Å². The molecule has 0 saturated carbocycles. The van der Waals surface area contributed by atoms with Crippen molar-refractivity contribution in [3.05, 3.63) is 35.3 Å². The number of aromatic nitrogens is 2. The topological polar surface area (TPSA) is 61.7 Å². The number of H-pyrrole nitrogens is 1. The molecule has 0 aliphatic heterocycles. The summed E-state index contributed by atoms with van der Waals surface area (Å²) in [6, 6.07) is 8.27. The van der Waals surface area contributed by atoms with E-state index in [2.05, 4.69) is 42.0 Å². The van der Waals surface area contributed by atoms with Crippen LogP contribution in [-0.4, -0.2) is 17.1 Å². The zero-order valence-corrected chi connectivity index (χ0v) is 12.3. The van der Waals surface area contributed by atoms with E-state index in [0.29, 0.717) is 11.7 Å². The Hall–Kier alpha value is -2.28. The molecule has 4 nitrogen and oxygen atoms in total. The Balaban J connectivity index is 2.55. The summed E-state index contributed by atoms with van der Waals surface area (Å²) in [5, 5.41) is 8.77. The number of nitriles is 1. The normalized spacial score (nSPS) is 10.6. The quantitative estimate of drug-likeness (QED) is 0.922. The van der Waals surface area contributed by atoms with Gasteiger partial charge >= 0.3 is 0 Å². The lowest BCUT2D eigenvalue weighted by Crippen LogP contribution is -1.94. The molecule has 104 valence electrons. The van der Waals surface area contributed by atoms with Gasteiger partial charge in [-0.3, -0.25) is 0 Å². The van der Waals surface area contributed by atoms with Crippen molar-refractivity contribution < 1.29 is 4.74 Å². The van der Waals surface area contributed by atoms with E-state index in [1.54, 1.807) is 7.11 Å². The Morgan fingerprint density at radius 3 is 2.75 bits per heavy atom. The molecule has 1 aromatic heterocycles. The number of methoxy groups -OCH3 is 1. The van der Waals surface area contributed by atoms with Crippen LogP contribution in [0, 0.1) is 18.3 Å². The van der Waals surface area contributed by atoms with E-state index in [1.165, 1.54) is 5.56 Å². The first-order chi connectivity index (χ1) is 9.56. The van der Waals surface area contributed by atoms with Gasteiger partial charge in [0.15, 0.2) is 0 Å². The second kappa shape index (κ2) is 5.79. The van der Waals surface area contributed by atoms with Crippen molar-refractivity contribution in [3.63, 3.8) is 0 Å². The van der Waals surface area contributed by atoms with Crippen molar-refractivity contribution in [1.82, 2.24) is 9.97 Å². The van der Waals surface area contributed by atoms with Gasteiger partial charge in [0.2, 0.25) is 0 Å². The molecule has 2 rings (SSSR count). The minimum Gasteiger partial charge on any atom is -0.496 e. The minimum atomic E-state index is 0.285. The number of nitrogens with zero attached hydrogens (tertiary/aromatic N) is 2. The summed E-state index contributed by atoms with van der Waals surface area (Å²) in [5.41, 5.74) is 4.02. The molecule has 2 aromatic rings. The van der Waals surface area contributed by atoms with Crippen LogP contribution < -0.4 is 4.74 Å². The van der Waals surface area contributed by atoms with Gasteiger partial charge in [0.1, 0.15) is 11.6 Å². The number of hydrogen-bond donors (Lipinski definition) is 1. The lowest BCUT2D eigenvalue weighted by atomic mass is 9.98. The van der Waals surface area contributed by atoms with Crippen LogP contribution in [0.25, 0.3) is 11.3 Å². The van der Waals surface area contributed by atoms with Crippen LogP contribution in [0.4, 0.5) is 0 Å². The molecule has 4 heteroatoms. The number of imidazole rings is 1. The summed E-state index contributed by atoms with van der Waals surface area (Å²) in [6.45, 7) is 6.28. The predicted octanol–water partition coefficient (Wildman–Crippen LogP) is 3.58. The third kappa shape index (κ3) is 2.67. The molecule has 0 bridgehead atoms. The highest BCUT2D eigenvalue weighted by Gasteiger charge is 2.15. The van der Waals surface area contributed by atoms with Gasteiger partial charge in [0.05, 0.1) is 25.3 Å². The smallest absolute Gasteiger partial charge is 0.128 e. The van der Waals surface area contributed by atoms with Crippen molar-refractivity contribution in [2.24, 2.45) is 0 Å². The van der Waals surface area contributed by atoms with E-state index < -0.39 is 0 Å². The standard InChI is InChI=1S/C16H19N3O/c1-10(2)12-5-6-14(20-4)13(9-12)16-11(3)18-15(19-16)7-8-17/h5-6,9-10H,7H2,1-4H3,(H,18,19). The monoisotopic (exact) mass is 269 g/mol. The second-order valence-electron chi connectivity index (χ2n) is 5.11. The summed E-state index contributed by atoms with van der Waals surface area (Å²) in [7, 11) is 1.66. The number of aryl methyl sites for hydroxylation is 1. The second-order valence-corrected chi connectivity index (χ2v) is 5.11. The Labute approximate surface area is 119 Å². The first-order valence-corrected chi connectivity index (χ1v) is 6.67. The molecule has 0 spiro atoms. The van der Waals surface area contributed by atoms with Gasteiger partial charge in [0, 0.05) is 11.3 Å². The Morgan fingerprint density at radius 2 is 2.15 bits per heavy atom. The van der Waals surface area contributed by atoms with Crippen molar-refractivity contribution in [2.45, 2.75) is 33.1 Å². The van der Waals surface area contributed by atoms with Crippen molar-refractivity contribution >= 4 is 0 Å². The van der Waals surface area contributed by atoms with Crippen LogP contribution in [0.15, 0.2) is 18.2 Å². The fraction of sp³-hybridized carbons (Fsp3) is 0.375. The third-order valence-electron chi connectivity index (χ3n) is 3.33. The van der Waals surface area contributed by atoms with E-state index in [9.17, 15) is 0 Å². The molecule has 1 aromatic carbocycles. The summed E-state index contributed by atoms with van der Waals surface area (Å²) in [4.78, 5) is 7.68. The van der Waals surface area contributed by atoms with Gasteiger partial charge in [-0.25, -0.2) is 4.98 Å². The molecule has 0 saturated heterocycles. The lowest BCUT2D eigenvalue weighted by molar-refractivity contribution is 0.416. The van der Waals surface area contributed by atoms with Gasteiger partial charge in [-0.05, 0) is 30.5 Å². The van der Waals surface area contributed by atoms with Gasteiger partial charge in [-0.2, -0.15) is 5.26 Å². The van der Waals surface area contributed by atoms with Crippen LogP contribution in [-0.2, 0) is 6.42 Å². The minimum absolute atomic E-state index is 0.285. The number of hydrogen-bond acceptors (Lipinski definition) is 3. The number of nitrogens with one attached hydrogen (secondary N) is 1. The molecular weight excluding hydrogens is 250 g/mol. The molecule has 0 unspecified atom stereocenters. The maximum atomic E-state index is 8.77. The number of ether oxygens (including phenoxy) is 1. The van der Waals surface area contributed by atoms with Crippen molar-refractivity contribution in [3.8, 4) is 23.1 Å². The van der Waals surface area contributed by atoms with Crippen LogP contribution >= 0.6 is 0 Å². The zero-order chi connectivity index (χ0) is 14.7. The molecule has 0 amide bonds. The van der Waals surface area contributed by atoms with Crippen LogP contribution in [0.1, 0.15) is 36.8 Å². The maximum absolute atomic E-state index is 8.77. The molecule has 20 heavy (non-hydrogen) atoms. The predicted molar refractivity (Wildman–Crippen MR) is 78.7 cm³/mol. The largest absolute Gasteiger partial charge is 0.496 e. The van der Waals surface area contributed by atoms with Crippen LogP contribution in [0.5, 0.6) is 5.75 Å². The fourth-order valence-electron chi connectivity index (χ4n) is 2.21. The maximum Gasteiger partial charge on any atom is 0.128 e. The first kappa shape index (κ1) is 14.1. The third-order valence-corrected chi connectivity index (χ3v) is 3.33. The van der Waals surface area contributed by atoms with E-state index in [-0.39, 0.29) is 6.42 Å². The van der Waals surface area contributed by atoms with Crippen molar-refractivity contribution in [1.29, 1.82) is 5.26 Å². The highest BCUT2D eigenvalue weighted by Crippen LogP contribution is 2.33. The Bertz CT molecular complexity index is 650. The Morgan fingerprint density at radius 1 is 1.40 bits per heavy atom. The number of aromatic amines is 1. The fourth-order valence-corrected chi connectivity index (χ4v) is 2.21. The summed E-state index contributed by atoms with van der Waals surface area (Å²) in [5.74, 6) is 1.93. The van der Waals surface area contributed by atoms with Crippen LogP contribution in [0.3, 0.4) is 0 Å². The number of rotatable bonds is 4. The van der Waals surface area contributed by atoms with Crippen molar-refractivity contribution in [2.75, 3.05) is 7.11 Å². The Kier molecular flexibility index (Phi) is 4.09. The SMILES string of the molecule is COc1ccc(C(C)C)cc1-c1nc(CC#N)[nH]c1C. The zero-order valence-electron chi connectivity index (χ0n) is 12.3. The van der Waals surface area contributed by atoms with E-state index in [0.717, 1.165) is 22.7 Å². The molecule has 0 atom stereocenters. The molecule has 0 aliphatic carbocycles. The molecule has 0 fully saturated rings. The first-order valence-electron chi connectivity index (χ1n) is 6.67. The van der Waals surface area contributed by atoms with Gasteiger partial charge in [-0.1, -0.05) is 19.9 Å². The highest BCUT2D eigenvalue weighted by molar-refractivity contribution is 5.70. The van der Waals surface area contributed by atoms with Crippen LogP contribution in [0.2, 0.25) is 0 Å². The summed E-state index contributed by atoms with van der Waals surface area (Å²) in [6.07, 6.45) is 0.285. The average molecular weight is 269 g/mol. The average Bonchev–Trinajstić information content (AvgIpc) is 2.79. The molecular formula is C16H19N3O. The highest BCUT2D eigenvalue weighted by atomic mass is 16.5. The van der Waals surface area contributed by atoms with Gasteiger partial charge in [0.25, 0.3) is 0 Å².